The zero-order valence-electron chi connectivity index (χ0n) is 12.3. The summed E-state index contributed by atoms with van der Waals surface area (Å²) in [5.41, 5.74) is 1.85. The lowest BCUT2D eigenvalue weighted by atomic mass is 9.97. The van der Waals surface area contributed by atoms with Crippen LogP contribution in [0.25, 0.3) is 0 Å². The van der Waals surface area contributed by atoms with Gasteiger partial charge in [0.05, 0.1) is 7.11 Å². The maximum atomic E-state index is 12.4. The predicted octanol–water partition coefficient (Wildman–Crippen LogP) is 3.96. The van der Waals surface area contributed by atoms with Gasteiger partial charge in [0.15, 0.2) is 0 Å². The van der Waals surface area contributed by atoms with E-state index in [-0.39, 0.29) is 11.8 Å². The van der Waals surface area contributed by atoms with Gasteiger partial charge in [0.1, 0.15) is 5.75 Å². The van der Waals surface area contributed by atoms with Crippen molar-refractivity contribution in [1.82, 2.24) is 4.90 Å². The first-order valence-electron chi connectivity index (χ1n) is 7.16. The molecule has 0 saturated heterocycles. The molecule has 110 valence electrons. The van der Waals surface area contributed by atoms with E-state index in [4.69, 9.17) is 4.74 Å². The minimum atomic E-state index is -0.0540. The Morgan fingerprint density at radius 3 is 2.18 bits per heavy atom. The Bertz CT molecular complexity index is 688. The van der Waals surface area contributed by atoms with Crippen LogP contribution in [-0.4, -0.2) is 17.9 Å². The quantitative estimate of drug-likeness (QED) is 0.856. The van der Waals surface area contributed by atoms with E-state index >= 15 is 0 Å². The molecule has 0 bridgehead atoms. The number of methoxy groups -OCH3 is 1. The number of carbonyl (C=O) groups is 1. The van der Waals surface area contributed by atoms with E-state index in [2.05, 4.69) is 12.1 Å². The average Bonchev–Trinajstić information content (AvgIpc) is 2.62. The molecule has 22 heavy (non-hydrogen) atoms. The number of benzene rings is 2. The summed E-state index contributed by atoms with van der Waals surface area (Å²) < 4.78 is 5.10. The van der Waals surface area contributed by atoms with Gasteiger partial charge in [0.2, 0.25) is 0 Å². The largest absolute Gasteiger partial charge is 0.497 e. The van der Waals surface area contributed by atoms with Crippen LogP contribution in [0.1, 0.15) is 21.8 Å². The van der Waals surface area contributed by atoms with Crippen LogP contribution in [0.3, 0.4) is 0 Å². The van der Waals surface area contributed by atoms with Gasteiger partial charge in [-0.15, -0.1) is 0 Å². The highest BCUT2D eigenvalue weighted by Crippen LogP contribution is 2.23. The molecule has 1 aliphatic heterocycles. The molecule has 1 heterocycles. The zero-order chi connectivity index (χ0) is 15.4. The molecule has 0 N–H and O–H groups in total. The Hall–Kier alpha value is -2.81. The lowest BCUT2D eigenvalue weighted by molar-refractivity contribution is 0.0867. The van der Waals surface area contributed by atoms with E-state index in [1.54, 1.807) is 36.3 Å². The van der Waals surface area contributed by atoms with E-state index < -0.39 is 0 Å². The maximum Gasteiger partial charge on any atom is 0.261 e. The van der Waals surface area contributed by atoms with Crippen LogP contribution in [0.15, 0.2) is 79.1 Å². The minimum Gasteiger partial charge on any atom is -0.497 e. The highest BCUT2D eigenvalue weighted by molar-refractivity contribution is 5.95. The van der Waals surface area contributed by atoms with Crippen LogP contribution in [-0.2, 0) is 0 Å². The summed E-state index contributed by atoms with van der Waals surface area (Å²) in [6, 6.07) is 17.3. The van der Waals surface area contributed by atoms with E-state index in [0.29, 0.717) is 5.56 Å². The summed E-state index contributed by atoms with van der Waals surface area (Å²) in [6.45, 7) is 0. The molecular weight excluding hydrogens is 274 g/mol. The second-order valence-electron chi connectivity index (χ2n) is 5.06. The van der Waals surface area contributed by atoms with Gasteiger partial charge >= 0.3 is 0 Å². The molecule has 3 heteroatoms. The zero-order valence-corrected chi connectivity index (χ0v) is 12.3. The number of rotatable bonds is 3. The highest BCUT2D eigenvalue weighted by atomic mass is 16.5. The van der Waals surface area contributed by atoms with Crippen molar-refractivity contribution in [1.29, 1.82) is 0 Å². The summed E-state index contributed by atoms with van der Waals surface area (Å²) >= 11 is 0. The number of hydrogen-bond donors (Lipinski definition) is 0. The van der Waals surface area contributed by atoms with Crippen molar-refractivity contribution in [2.45, 2.75) is 5.92 Å². The third-order valence-corrected chi connectivity index (χ3v) is 3.66. The molecule has 0 aromatic heterocycles. The third kappa shape index (κ3) is 2.93. The van der Waals surface area contributed by atoms with Crippen LogP contribution in [0.5, 0.6) is 5.75 Å². The molecule has 0 unspecified atom stereocenters. The lowest BCUT2D eigenvalue weighted by Gasteiger charge is -2.20. The standard InChI is InChI=1S/C19H17NO2/c1-22-18-9-7-17(8-10-18)19(21)20-13-11-16(12-14-20)15-5-3-2-4-6-15/h2-14,16H,1H3. The SMILES string of the molecule is COc1ccc(C(=O)N2C=CC(c3ccccc3)C=C2)cc1. The number of amides is 1. The Morgan fingerprint density at radius 2 is 1.59 bits per heavy atom. The Balaban J connectivity index is 1.72. The van der Waals surface area contributed by atoms with Crippen molar-refractivity contribution in [2.24, 2.45) is 0 Å². The first kappa shape index (κ1) is 14.1. The molecule has 0 fully saturated rings. The van der Waals surface area contributed by atoms with Gasteiger partial charge in [-0.3, -0.25) is 9.69 Å². The fourth-order valence-electron chi connectivity index (χ4n) is 2.40. The van der Waals surface area contributed by atoms with Gasteiger partial charge in [0.25, 0.3) is 5.91 Å². The number of allylic oxidation sites excluding steroid dienone is 2. The topological polar surface area (TPSA) is 29.5 Å². The van der Waals surface area contributed by atoms with Crippen molar-refractivity contribution < 1.29 is 9.53 Å². The minimum absolute atomic E-state index is 0.0540. The van der Waals surface area contributed by atoms with E-state index in [1.807, 2.05) is 42.8 Å². The Kier molecular flexibility index (Phi) is 4.05. The summed E-state index contributed by atoms with van der Waals surface area (Å²) in [5.74, 6) is 0.896. The smallest absolute Gasteiger partial charge is 0.261 e. The van der Waals surface area contributed by atoms with Gasteiger partial charge < -0.3 is 4.74 Å². The van der Waals surface area contributed by atoms with Gasteiger partial charge in [-0.1, -0.05) is 42.5 Å². The van der Waals surface area contributed by atoms with E-state index in [9.17, 15) is 4.79 Å². The molecule has 2 aromatic carbocycles. The maximum absolute atomic E-state index is 12.4. The predicted molar refractivity (Wildman–Crippen MR) is 86.6 cm³/mol. The van der Waals surface area contributed by atoms with E-state index in [0.717, 1.165) is 5.75 Å². The second-order valence-corrected chi connectivity index (χ2v) is 5.06. The molecular formula is C19H17NO2. The number of hydrogen-bond acceptors (Lipinski definition) is 2. The summed E-state index contributed by atoms with van der Waals surface area (Å²) in [4.78, 5) is 14.0. The number of carbonyl (C=O) groups excluding carboxylic acids is 1. The van der Waals surface area contributed by atoms with Crippen LogP contribution in [0.4, 0.5) is 0 Å². The number of ether oxygens (including phenoxy) is 1. The van der Waals surface area contributed by atoms with Crippen LogP contribution in [0.2, 0.25) is 0 Å². The van der Waals surface area contributed by atoms with Crippen molar-refractivity contribution in [3.05, 3.63) is 90.3 Å². The van der Waals surface area contributed by atoms with E-state index in [1.165, 1.54) is 5.56 Å². The van der Waals surface area contributed by atoms with Gasteiger partial charge in [-0.05, 0) is 29.8 Å². The third-order valence-electron chi connectivity index (χ3n) is 3.66. The van der Waals surface area contributed by atoms with Gasteiger partial charge in [-0.2, -0.15) is 0 Å². The second kappa shape index (κ2) is 6.31. The normalized spacial score (nSPS) is 14.1. The molecule has 3 nitrogen and oxygen atoms in total. The highest BCUT2D eigenvalue weighted by Gasteiger charge is 2.15. The summed E-state index contributed by atoms with van der Waals surface area (Å²) in [6.07, 6.45) is 7.70. The molecule has 2 aromatic rings. The van der Waals surface area contributed by atoms with Crippen molar-refractivity contribution in [3.63, 3.8) is 0 Å². The summed E-state index contributed by atoms with van der Waals surface area (Å²) in [7, 11) is 1.61. The molecule has 1 amide bonds. The molecule has 0 saturated carbocycles. The Morgan fingerprint density at radius 1 is 0.955 bits per heavy atom. The molecule has 0 spiro atoms. The molecule has 3 rings (SSSR count). The molecule has 0 atom stereocenters. The lowest BCUT2D eigenvalue weighted by Crippen LogP contribution is -2.22. The fourth-order valence-corrected chi connectivity index (χ4v) is 2.40. The van der Waals surface area contributed by atoms with Crippen LogP contribution >= 0.6 is 0 Å². The molecule has 0 aliphatic carbocycles. The van der Waals surface area contributed by atoms with Crippen molar-refractivity contribution in [2.75, 3.05) is 7.11 Å². The van der Waals surface area contributed by atoms with Crippen molar-refractivity contribution in [3.8, 4) is 5.75 Å². The Labute approximate surface area is 130 Å². The first-order chi connectivity index (χ1) is 10.8. The van der Waals surface area contributed by atoms with Crippen LogP contribution in [0, 0.1) is 0 Å². The van der Waals surface area contributed by atoms with Crippen molar-refractivity contribution >= 4 is 5.91 Å². The fraction of sp³-hybridized carbons (Fsp3) is 0.105. The van der Waals surface area contributed by atoms with Crippen LogP contribution < -0.4 is 4.74 Å². The molecule has 1 aliphatic rings. The van der Waals surface area contributed by atoms with Gasteiger partial charge in [0, 0.05) is 23.9 Å². The molecule has 0 radical (unpaired) electrons. The number of nitrogens with zero attached hydrogens (tertiary/aromatic N) is 1. The van der Waals surface area contributed by atoms with Gasteiger partial charge in [-0.25, -0.2) is 0 Å². The first-order valence-corrected chi connectivity index (χ1v) is 7.16. The summed E-state index contributed by atoms with van der Waals surface area (Å²) in [5, 5.41) is 0. The average molecular weight is 291 g/mol. The monoisotopic (exact) mass is 291 g/mol.